The molecule has 1 aromatic carbocycles. The second-order valence-corrected chi connectivity index (χ2v) is 9.61. The van der Waals surface area contributed by atoms with E-state index in [2.05, 4.69) is 21.3 Å². The van der Waals surface area contributed by atoms with Crippen LogP contribution in [0, 0.1) is 0 Å². The van der Waals surface area contributed by atoms with Crippen molar-refractivity contribution in [1.29, 1.82) is 0 Å². The lowest BCUT2D eigenvalue weighted by atomic mass is 10.0. The molecule has 4 amide bonds. The van der Waals surface area contributed by atoms with Crippen LogP contribution in [0.4, 0.5) is 0 Å². The zero-order valence-corrected chi connectivity index (χ0v) is 22.6. The molecule has 0 unspecified atom stereocenters. The minimum Gasteiger partial charge on any atom is -0.481 e. The molecule has 0 aliphatic carbocycles. The predicted octanol–water partition coefficient (Wildman–Crippen LogP) is -1.10. The summed E-state index contributed by atoms with van der Waals surface area (Å²) in [7, 11) is 0. The number of carboxylic acid groups (broad SMARTS) is 1. The van der Waals surface area contributed by atoms with Crippen LogP contribution in [-0.4, -0.2) is 81.4 Å². The van der Waals surface area contributed by atoms with Gasteiger partial charge < -0.3 is 42.3 Å². The molecular formula is C26H41N5O8. The average Bonchev–Trinajstić information content (AvgIpc) is 2.84. The highest BCUT2D eigenvalue weighted by Crippen LogP contribution is 2.09. The average molecular weight is 552 g/mol. The molecule has 1 aromatic rings. The van der Waals surface area contributed by atoms with Gasteiger partial charge in [-0.05, 0) is 51.6 Å². The molecule has 13 nitrogen and oxygen atoms in total. The number of aliphatic carboxylic acids is 1. The fraction of sp³-hybridized carbons (Fsp3) is 0.577. The Labute approximate surface area is 227 Å². The van der Waals surface area contributed by atoms with Crippen molar-refractivity contribution in [2.75, 3.05) is 6.54 Å². The Morgan fingerprint density at radius 1 is 0.846 bits per heavy atom. The van der Waals surface area contributed by atoms with Gasteiger partial charge in [0, 0.05) is 19.8 Å². The van der Waals surface area contributed by atoms with Crippen molar-refractivity contribution in [2.45, 2.75) is 89.3 Å². The number of hydrogen-bond donors (Lipinski definition) is 8. The molecule has 0 bridgehead atoms. The summed E-state index contributed by atoms with van der Waals surface area (Å²) in [6, 6.07) is 4.32. The number of carbonyl (C=O) groups is 5. The Bertz CT molecular complexity index is 967. The van der Waals surface area contributed by atoms with Gasteiger partial charge in [-0.2, -0.15) is 0 Å². The van der Waals surface area contributed by atoms with E-state index >= 15 is 0 Å². The highest BCUT2D eigenvalue weighted by molar-refractivity contribution is 5.94. The van der Waals surface area contributed by atoms with Crippen LogP contribution in [0.1, 0.15) is 58.4 Å². The molecule has 1 rings (SSSR count). The molecular weight excluding hydrogens is 510 g/mol. The highest BCUT2D eigenvalue weighted by Gasteiger charge is 2.32. The van der Waals surface area contributed by atoms with Gasteiger partial charge in [0.1, 0.15) is 18.1 Å². The van der Waals surface area contributed by atoms with Crippen molar-refractivity contribution in [1.82, 2.24) is 21.3 Å². The number of hydrogen-bond acceptors (Lipinski definition) is 8. The van der Waals surface area contributed by atoms with Crippen molar-refractivity contribution >= 4 is 29.6 Å². The van der Waals surface area contributed by atoms with Gasteiger partial charge in [-0.3, -0.25) is 24.0 Å². The number of nitrogens with one attached hydrogen (secondary N) is 4. The number of unbranched alkanes of at least 4 members (excludes halogenated alkanes) is 1. The fourth-order valence-corrected chi connectivity index (χ4v) is 3.60. The number of nitrogens with two attached hydrogens (primary N) is 1. The first-order valence-corrected chi connectivity index (χ1v) is 12.8. The summed E-state index contributed by atoms with van der Waals surface area (Å²) in [4.78, 5) is 62.2. The second-order valence-electron chi connectivity index (χ2n) is 9.61. The minimum absolute atomic E-state index is 0.128. The topological polar surface area (TPSA) is 220 Å². The van der Waals surface area contributed by atoms with Crippen LogP contribution in [0.2, 0.25) is 0 Å². The van der Waals surface area contributed by atoms with E-state index in [4.69, 9.17) is 10.8 Å². The van der Waals surface area contributed by atoms with E-state index in [0.29, 0.717) is 19.4 Å². The lowest BCUT2D eigenvalue weighted by Crippen LogP contribution is -2.59. The molecule has 13 heteroatoms. The Morgan fingerprint density at radius 3 is 1.90 bits per heavy atom. The summed E-state index contributed by atoms with van der Waals surface area (Å²) >= 11 is 0. The van der Waals surface area contributed by atoms with Gasteiger partial charge in [-0.1, -0.05) is 30.3 Å². The van der Waals surface area contributed by atoms with Gasteiger partial charge in [-0.25, -0.2) is 0 Å². The van der Waals surface area contributed by atoms with Gasteiger partial charge in [0.2, 0.25) is 23.6 Å². The smallest absolute Gasteiger partial charge is 0.303 e. The number of aliphatic hydroxyl groups is 2. The first kappa shape index (κ1) is 33.5. The van der Waals surface area contributed by atoms with Gasteiger partial charge in [0.05, 0.1) is 6.04 Å². The van der Waals surface area contributed by atoms with Crippen molar-refractivity contribution in [2.24, 2.45) is 5.73 Å². The maximum absolute atomic E-state index is 13.2. The summed E-state index contributed by atoms with van der Waals surface area (Å²) in [5, 5.41) is 38.7. The largest absolute Gasteiger partial charge is 0.481 e. The van der Waals surface area contributed by atoms with Crippen molar-refractivity contribution in [3.05, 3.63) is 35.9 Å². The van der Waals surface area contributed by atoms with Gasteiger partial charge >= 0.3 is 5.97 Å². The van der Waals surface area contributed by atoms with E-state index < -0.39 is 66.0 Å². The Hall–Kier alpha value is -3.55. The van der Waals surface area contributed by atoms with E-state index in [9.17, 15) is 34.2 Å². The van der Waals surface area contributed by atoms with Crippen LogP contribution < -0.4 is 27.0 Å². The summed E-state index contributed by atoms with van der Waals surface area (Å²) in [6.07, 6.45) is 0.594. The SMILES string of the molecule is CC(=O)N[C@@H](Cc1ccccc1)C(=O)N[C@@H](CCC(=O)O)C(=O)N[C@@H](CCCCN)C(=O)N[C@@H](C)C(C)(O)O. The van der Waals surface area contributed by atoms with Crippen molar-refractivity contribution in [3.8, 4) is 0 Å². The maximum Gasteiger partial charge on any atom is 0.303 e. The van der Waals surface area contributed by atoms with Gasteiger partial charge in [-0.15, -0.1) is 0 Å². The molecule has 0 saturated heterocycles. The Morgan fingerprint density at radius 2 is 1.38 bits per heavy atom. The quantitative estimate of drug-likeness (QED) is 0.0868. The molecule has 4 atom stereocenters. The molecule has 9 N–H and O–H groups in total. The molecule has 218 valence electrons. The first-order chi connectivity index (χ1) is 18.2. The van der Waals surface area contributed by atoms with Gasteiger partial charge in [0.25, 0.3) is 0 Å². The molecule has 0 aliphatic heterocycles. The highest BCUT2D eigenvalue weighted by atomic mass is 16.5. The number of carboxylic acids is 1. The number of carbonyl (C=O) groups excluding carboxylic acids is 4. The summed E-state index contributed by atoms with van der Waals surface area (Å²) in [5.74, 6) is -6.07. The van der Waals surface area contributed by atoms with E-state index in [1.54, 1.807) is 30.3 Å². The fourth-order valence-electron chi connectivity index (χ4n) is 3.60. The number of rotatable bonds is 17. The van der Waals surface area contributed by atoms with Crippen LogP contribution in [0.3, 0.4) is 0 Å². The zero-order valence-electron chi connectivity index (χ0n) is 22.6. The Balaban J connectivity index is 3.10. The molecule has 0 spiro atoms. The van der Waals surface area contributed by atoms with Crippen LogP contribution in [-0.2, 0) is 30.4 Å². The maximum atomic E-state index is 13.2. The molecule has 0 saturated carbocycles. The third-order valence-electron chi connectivity index (χ3n) is 6.02. The molecule has 0 radical (unpaired) electrons. The third kappa shape index (κ3) is 13.2. The minimum atomic E-state index is -2.21. The van der Waals surface area contributed by atoms with Gasteiger partial charge in [0.15, 0.2) is 5.79 Å². The molecule has 0 fully saturated rings. The molecule has 0 aromatic heterocycles. The predicted molar refractivity (Wildman–Crippen MR) is 142 cm³/mol. The van der Waals surface area contributed by atoms with Crippen LogP contribution in [0.5, 0.6) is 0 Å². The molecule has 0 aliphatic rings. The monoisotopic (exact) mass is 551 g/mol. The summed E-state index contributed by atoms with van der Waals surface area (Å²) < 4.78 is 0. The van der Waals surface area contributed by atoms with E-state index in [-0.39, 0.29) is 19.3 Å². The standard InChI is InChI=1S/C26H41N5O8/c1-16(26(3,38)39)28-23(35)19(11-7-8-14-27)30-24(36)20(12-13-22(33)34)31-25(37)21(29-17(2)32)15-18-9-5-4-6-10-18/h4-6,9-10,16,19-21,38-39H,7-8,11-15,27H2,1-3H3,(H,28,35)(H,29,32)(H,30,36)(H,31,37)(H,33,34)/t16-,19-,20-,21-/m0/s1. The van der Waals surface area contributed by atoms with E-state index in [1.165, 1.54) is 13.8 Å². The van der Waals surface area contributed by atoms with Crippen molar-refractivity contribution in [3.63, 3.8) is 0 Å². The van der Waals surface area contributed by atoms with Crippen molar-refractivity contribution < 1.29 is 39.3 Å². The third-order valence-corrected chi connectivity index (χ3v) is 6.02. The number of benzene rings is 1. The number of amides is 4. The van der Waals surface area contributed by atoms with Crippen LogP contribution in [0.15, 0.2) is 30.3 Å². The van der Waals surface area contributed by atoms with Crippen LogP contribution >= 0.6 is 0 Å². The summed E-state index contributed by atoms with van der Waals surface area (Å²) in [5.41, 5.74) is 6.28. The van der Waals surface area contributed by atoms with E-state index in [1.807, 2.05) is 0 Å². The zero-order chi connectivity index (χ0) is 29.6. The lowest BCUT2D eigenvalue weighted by molar-refractivity contribution is -0.168. The Kier molecular flexibility index (Phi) is 14.1. The first-order valence-electron chi connectivity index (χ1n) is 12.8. The molecule has 39 heavy (non-hydrogen) atoms. The van der Waals surface area contributed by atoms with E-state index in [0.717, 1.165) is 12.5 Å². The summed E-state index contributed by atoms with van der Waals surface area (Å²) in [6.45, 7) is 4.07. The second kappa shape index (κ2) is 16.4. The molecule has 0 heterocycles. The normalized spacial score (nSPS) is 14.3. The van der Waals surface area contributed by atoms with Crippen LogP contribution in [0.25, 0.3) is 0 Å². The lowest BCUT2D eigenvalue weighted by Gasteiger charge is -2.29.